The number of hydrogen-bond donors (Lipinski definition) is 0. The van der Waals surface area contributed by atoms with Crippen LogP contribution in [0.3, 0.4) is 0 Å². The van der Waals surface area contributed by atoms with Crippen LogP contribution in [0.4, 0.5) is 0 Å². The first kappa shape index (κ1) is 5.41. The fraction of sp³-hybridized carbons (Fsp3) is 1.00. The quantitative estimate of drug-likeness (QED) is 0.234. The Morgan fingerprint density at radius 1 is 1.88 bits per heavy atom. The molecule has 44 valence electrons. The van der Waals surface area contributed by atoms with Gasteiger partial charge in [0.15, 0.2) is 0 Å². The molecule has 0 saturated carbocycles. The first-order chi connectivity index (χ1) is 3.93. The largest absolute Gasteiger partial charge is 0.373 e. The van der Waals surface area contributed by atoms with E-state index in [1.165, 1.54) is 0 Å². The van der Waals surface area contributed by atoms with Gasteiger partial charge in [0.25, 0.3) is 0 Å². The molecule has 1 fully saturated rings. The van der Waals surface area contributed by atoms with E-state index in [0.717, 1.165) is 13.0 Å². The molecule has 1 heterocycles. The van der Waals surface area contributed by atoms with E-state index in [-0.39, 0.29) is 0 Å². The highest BCUT2D eigenvalue weighted by Gasteiger charge is 2.20. The Hall–Kier alpha value is -0.730. The van der Waals surface area contributed by atoms with Crippen molar-refractivity contribution in [3.05, 3.63) is 10.4 Å². The average molecular weight is 113 g/mol. The first-order valence-electron chi connectivity index (χ1n) is 2.56. The topological polar surface area (TPSA) is 61.3 Å². The van der Waals surface area contributed by atoms with Gasteiger partial charge in [0.05, 0.1) is 12.7 Å². The van der Waals surface area contributed by atoms with Crippen LogP contribution in [-0.2, 0) is 4.74 Å². The molecular weight excluding hydrogens is 106 g/mol. The number of azide groups is 1. The molecule has 0 spiro atoms. The molecule has 1 rings (SSSR count). The Labute approximate surface area is 47.1 Å². The minimum atomic E-state index is 0.389. The van der Waals surface area contributed by atoms with Crippen molar-refractivity contribution in [3.8, 4) is 0 Å². The lowest BCUT2D eigenvalue weighted by molar-refractivity contribution is 0.399. The third-order valence-corrected chi connectivity index (χ3v) is 1.02. The van der Waals surface area contributed by atoms with Crippen molar-refractivity contribution in [1.29, 1.82) is 0 Å². The summed E-state index contributed by atoms with van der Waals surface area (Å²) in [5, 5.41) is 3.35. The lowest BCUT2D eigenvalue weighted by atomic mass is 10.3. The van der Waals surface area contributed by atoms with Crippen molar-refractivity contribution in [3.63, 3.8) is 0 Å². The van der Waals surface area contributed by atoms with E-state index in [1.54, 1.807) is 0 Å². The van der Waals surface area contributed by atoms with Crippen LogP contribution >= 0.6 is 0 Å². The van der Waals surface area contributed by atoms with Crippen LogP contribution < -0.4 is 0 Å². The van der Waals surface area contributed by atoms with E-state index in [9.17, 15) is 0 Å². The Morgan fingerprint density at radius 2 is 2.62 bits per heavy atom. The summed E-state index contributed by atoms with van der Waals surface area (Å²) in [6.07, 6.45) is 1.27. The predicted molar refractivity (Wildman–Crippen MR) is 28.4 cm³/mol. The lowest BCUT2D eigenvalue weighted by Gasteiger charge is -1.81. The zero-order valence-corrected chi connectivity index (χ0v) is 4.45. The van der Waals surface area contributed by atoms with Gasteiger partial charge in [-0.1, -0.05) is 5.11 Å². The molecule has 1 aliphatic heterocycles. The van der Waals surface area contributed by atoms with E-state index in [2.05, 4.69) is 10.0 Å². The molecule has 4 heteroatoms. The summed E-state index contributed by atoms with van der Waals surface area (Å²) in [5.41, 5.74) is 7.82. The van der Waals surface area contributed by atoms with Crippen molar-refractivity contribution < 1.29 is 4.74 Å². The Morgan fingerprint density at radius 3 is 3.12 bits per heavy atom. The van der Waals surface area contributed by atoms with Gasteiger partial charge in [-0.15, -0.1) is 0 Å². The minimum Gasteiger partial charge on any atom is -0.373 e. The average Bonchev–Trinajstić information content (AvgIpc) is 2.51. The van der Waals surface area contributed by atoms with Crippen LogP contribution in [0, 0.1) is 0 Å². The van der Waals surface area contributed by atoms with E-state index >= 15 is 0 Å². The van der Waals surface area contributed by atoms with E-state index < -0.39 is 0 Å². The van der Waals surface area contributed by atoms with Gasteiger partial charge >= 0.3 is 0 Å². The molecule has 4 nitrogen and oxygen atoms in total. The van der Waals surface area contributed by atoms with Gasteiger partial charge in [-0.05, 0) is 12.0 Å². The molecule has 1 unspecified atom stereocenters. The zero-order valence-electron chi connectivity index (χ0n) is 4.45. The smallest absolute Gasteiger partial charge is 0.0811 e. The van der Waals surface area contributed by atoms with Crippen molar-refractivity contribution in [2.75, 3.05) is 13.2 Å². The Balaban J connectivity index is 1.95. The second kappa shape index (κ2) is 2.55. The highest BCUT2D eigenvalue weighted by atomic mass is 16.6. The molecule has 1 aliphatic rings. The molecule has 0 aromatic carbocycles. The monoisotopic (exact) mass is 113 g/mol. The van der Waals surface area contributed by atoms with Crippen LogP contribution in [0.25, 0.3) is 10.4 Å². The number of hydrogen-bond acceptors (Lipinski definition) is 2. The van der Waals surface area contributed by atoms with Crippen molar-refractivity contribution in [1.82, 2.24) is 0 Å². The summed E-state index contributed by atoms with van der Waals surface area (Å²) < 4.78 is 4.87. The molecule has 0 aromatic heterocycles. The summed E-state index contributed by atoms with van der Waals surface area (Å²) >= 11 is 0. The summed E-state index contributed by atoms with van der Waals surface area (Å²) in [6.45, 7) is 1.42. The second-order valence-corrected chi connectivity index (χ2v) is 1.70. The van der Waals surface area contributed by atoms with Gasteiger partial charge in [0.1, 0.15) is 0 Å². The van der Waals surface area contributed by atoms with E-state index in [1.807, 2.05) is 0 Å². The predicted octanol–water partition coefficient (Wildman–Crippen LogP) is 1.09. The van der Waals surface area contributed by atoms with Crippen molar-refractivity contribution in [2.24, 2.45) is 5.11 Å². The molecule has 1 saturated heterocycles. The van der Waals surface area contributed by atoms with Crippen LogP contribution in [-0.4, -0.2) is 19.3 Å². The maximum absolute atomic E-state index is 7.82. The molecule has 0 radical (unpaired) electrons. The highest BCUT2D eigenvalue weighted by molar-refractivity contribution is 4.69. The van der Waals surface area contributed by atoms with Gasteiger partial charge < -0.3 is 4.74 Å². The maximum atomic E-state index is 7.82. The van der Waals surface area contributed by atoms with Crippen molar-refractivity contribution >= 4 is 0 Å². The number of ether oxygens (including phenoxy) is 1. The van der Waals surface area contributed by atoms with Crippen molar-refractivity contribution in [2.45, 2.75) is 12.5 Å². The van der Waals surface area contributed by atoms with Crippen LogP contribution in [0.15, 0.2) is 5.11 Å². The third kappa shape index (κ3) is 1.82. The summed E-state index contributed by atoms with van der Waals surface area (Å²) in [6, 6.07) is 0. The van der Waals surface area contributed by atoms with Gasteiger partial charge in [-0.2, -0.15) is 0 Å². The first-order valence-corrected chi connectivity index (χ1v) is 2.56. The second-order valence-electron chi connectivity index (χ2n) is 1.70. The summed E-state index contributed by atoms with van der Waals surface area (Å²) in [5.74, 6) is 0. The molecule has 0 aromatic rings. The fourth-order valence-electron chi connectivity index (χ4n) is 0.481. The van der Waals surface area contributed by atoms with Gasteiger partial charge in [0.2, 0.25) is 0 Å². The minimum absolute atomic E-state index is 0.389. The van der Waals surface area contributed by atoms with E-state index in [4.69, 9.17) is 10.3 Å². The third-order valence-electron chi connectivity index (χ3n) is 1.02. The zero-order chi connectivity index (χ0) is 5.82. The molecule has 0 bridgehead atoms. The summed E-state index contributed by atoms with van der Waals surface area (Å²) in [4.78, 5) is 2.60. The highest BCUT2D eigenvalue weighted by Crippen LogP contribution is 2.12. The number of rotatable bonds is 3. The van der Waals surface area contributed by atoms with E-state index in [0.29, 0.717) is 12.6 Å². The molecule has 0 N–H and O–H groups in total. The van der Waals surface area contributed by atoms with Crippen LogP contribution in [0.1, 0.15) is 6.42 Å². The Kier molecular flexibility index (Phi) is 1.72. The number of nitrogens with zero attached hydrogens (tertiary/aromatic N) is 3. The molecule has 8 heavy (non-hydrogen) atoms. The van der Waals surface area contributed by atoms with Gasteiger partial charge in [0, 0.05) is 11.5 Å². The molecular formula is C4H7N3O. The maximum Gasteiger partial charge on any atom is 0.0811 e. The standard InChI is InChI=1S/C4H7N3O/c5-7-6-2-1-4-3-8-4/h4H,1-3H2. The van der Waals surface area contributed by atoms with Crippen LogP contribution in [0.2, 0.25) is 0 Å². The van der Waals surface area contributed by atoms with Gasteiger partial charge in [-0.3, -0.25) is 0 Å². The molecule has 1 atom stereocenters. The summed E-state index contributed by atoms with van der Waals surface area (Å²) in [7, 11) is 0. The normalized spacial score (nSPS) is 24.2. The molecule has 0 amide bonds. The Bertz CT molecular complexity index is 114. The SMILES string of the molecule is [N-]=[N+]=NCCC1CO1. The van der Waals surface area contributed by atoms with Crippen LogP contribution in [0.5, 0.6) is 0 Å². The lowest BCUT2D eigenvalue weighted by Crippen LogP contribution is -1.86. The van der Waals surface area contributed by atoms with Gasteiger partial charge in [-0.25, -0.2) is 0 Å². The fourth-order valence-corrected chi connectivity index (χ4v) is 0.481. The molecule has 0 aliphatic carbocycles. The number of epoxide rings is 1.